The normalized spacial score (nSPS) is 21.0. The van der Waals surface area contributed by atoms with E-state index in [0.29, 0.717) is 5.01 Å². The van der Waals surface area contributed by atoms with Crippen LogP contribution in [-0.4, -0.2) is 41.7 Å². The average molecular weight is 482 g/mol. The molecule has 8 nitrogen and oxygen atoms in total. The van der Waals surface area contributed by atoms with Crippen LogP contribution in [0.25, 0.3) is 10.4 Å². The number of likely N-dealkylation sites (N-methyl/N-ethyl adjacent to an activating group) is 1. The van der Waals surface area contributed by atoms with Crippen LogP contribution in [0.1, 0.15) is 17.5 Å². The monoisotopic (exact) mass is 481 g/mol. The van der Waals surface area contributed by atoms with E-state index in [1.807, 2.05) is 6.07 Å². The Morgan fingerprint density at radius 3 is 2.87 bits per heavy atom. The maximum absolute atomic E-state index is 13.4. The molecule has 0 bridgehead atoms. The van der Waals surface area contributed by atoms with Gasteiger partial charge in [0.2, 0.25) is 5.91 Å². The van der Waals surface area contributed by atoms with Gasteiger partial charge in [-0.15, -0.1) is 11.3 Å². The molecule has 1 saturated heterocycles. The molecule has 2 N–H and O–H groups in total. The van der Waals surface area contributed by atoms with Gasteiger partial charge in [0.15, 0.2) is 0 Å². The fraction of sp³-hybridized carbons (Fsp3) is 0.211. The molecule has 0 aliphatic carbocycles. The van der Waals surface area contributed by atoms with E-state index in [2.05, 4.69) is 20.0 Å². The van der Waals surface area contributed by atoms with Crippen molar-refractivity contribution >= 4 is 44.7 Å². The summed E-state index contributed by atoms with van der Waals surface area (Å²) in [5.41, 5.74) is 1.13. The Morgan fingerprint density at radius 1 is 1.35 bits per heavy atom. The van der Waals surface area contributed by atoms with E-state index in [1.54, 1.807) is 24.7 Å². The summed E-state index contributed by atoms with van der Waals surface area (Å²) in [5.74, 6) is -1.17. The number of nitrogens with one attached hydrogen (secondary N) is 2. The number of pyridine rings is 1. The van der Waals surface area contributed by atoms with E-state index in [9.17, 15) is 17.6 Å². The summed E-state index contributed by atoms with van der Waals surface area (Å²) in [4.78, 5) is 22.1. The number of carbonyl (C=O) groups is 1. The molecule has 1 aliphatic heterocycles. The van der Waals surface area contributed by atoms with Gasteiger partial charge in [-0.25, -0.2) is 9.37 Å². The summed E-state index contributed by atoms with van der Waals surface area (Å²) >= 11 is 7.09. The number of benzene rings is 1. The first-order chi connectivity index (χ1) is 14.7. The Morgan fingerprint density at radius 2 is 2.16 bits per heavy atom. The van der Waals surface area contributed by atoms with E-state index < -0.39 is 34.0 Å². The molecule has 0 radical (unpaired) electrons. The van der Waals surface area contributed by atoms with Crippen LogP contribution in [-0.2, 0) is 15.0 Å². The number of nitrogens with zero attached hydrogens (tertiary/aromatic N) is 3. The molecule has 1 amide bonds. The molecule has 0 spiro atoms. The fourth-order valence-corrected chi connectivity index (χ4v) is 5.64. The molecule has 1 aliphatic rings. The Labute approximate surface area is 187 Å². The molecule has 2 aromatic heterocycles. The molecule has 1 fully saturated rings. The first kappa shape index (κ1) is 21.8. The van der Waals surface area contributed by atoms with E-state index >= 15 is 0 Å². The molecule has 3 heterocycles. The maximum Gasteiger partial charge on any atom is 0.280 e. The Kier molecular flexibility index (Phi) is 6.04. The van der Waals surface area contributed by atoms with Gasteiger partial charge in [0, 0.05) is 36.9 Å². The van der Waals surface area contributed by atoms with Gasteiger partial charge < -0.3 is 5.32 Å². The SMILES string of the molecule is CN1[C@H](C(=O)Nc2ccc(F)c(Cl)c2)C[C@H](c2ncc(-c3cccnc3)s2)NS1(=O)=O. The number of halogens is 2. The summed E-state index contributed by atoms with van der Waals surface area (Å²) in [6, 6.07) is 5.76. The molecule has 4 rings (SSSR count). The lowest BCUT2D eigenvalue weighted by molar-refractivity contribution is -0.120. The second kappa shape index (κ2) is 8.60. The quantitative estimate of drug-likeness (QED) is 0.595. The zero-order valence-electron chi connectivity index (χ0n) is 16.1. The Bertz CT molecular complexity index is 1220. The highest BCUT2D eigenvalue weighted by Gasteiger charge is 2.41. The number of rotatable bonds is 4. The fourth-order valence-electron chi connectivity index (χ4n) is 3.16. The van der Waals surface area contributed by atoms with E-state index in [1.165, 1.54) is 30.5 Å². The third-order valence-corrected chi connectivity index (χ3v) is 7.87. The maximum atomic E-state index is 13.4. The molecule has 0 saturated carbocycles. The summed E-state index contributed by atoms with van der Waals surface area (Å²) in [6.45, 7) is 0. The van der Waals surface area contributed by atoms with Gasteiger partial charge in [-0.3, -0.25) is 9.78 Å². The molecule has 162 valence electrons. The van der Waals surface area contributed by atoms with Crippen molar-refractivity contribution in [3.8, 4) is 10.4 Å². The Hall–Kier alpha value is -2.44. The van der Waals surface area contributed by atoms with Crippen molar-refractivity contribution < 1.29 is 17.6 Å². The summed E-state index contributed by atoms with van der Waals surface area (Å²) in [7, 11) is -2.60. The number of hydrogen-bond donors (Lipinski definition) is 2. The molecule has 12 heteroatoms. The lowest BCUT2D eigenvalue weighted by Gasteiger charge is -2.35. The van der Waals surface area contributed by atoms with Gasteiger partial charge in [0.05, 0.1) is 15.9 Å². The number of amides is 1. The minimum atomic E-state index is -3.92. The van der Waals surface area contributed by atoms with Gasteiger partial charge in [-0.05, 0) is 30.7 Å². The highest BCUT2D eigenvalue weighted by molar-refractivity contribution is 7.87. The number of anilines is 1. The molecule has 31 heavy (non-hydrogen) atoms. The van der Waals surface area contributed by atoms with Crippen molar-refractivity contribution in [2.45, 2.75) is 18.5 Å². The molecule has 2 atom stereocenters. The van der Waals surface area contributed by atoms with Crippen molar-refractivity contribution in [2.75, 3.05) is 12.4 Å². The standard InChI is InChI=1S/C19H17ClFN5O3S2/c1-26-16(18(27)24-12-4-5-14(21)13(20)7-12)8-15(25-31(26,28)29)19-23-10-17(30-19)11-3-2-6-22-9-11/h2-7,9-10,15-16,25H,8H2,1H3,(H,24,27)/t15-,16+/m1/s1. The number of aromatic nitrogens is 2. The zero-order valence-corrected chi connectivity index (χ0v) is 18.5. The zero-order chi connectivity index (χ0) is 22.2. The van der Waals surface area contributed by atoms with Crippen LogP contribution in [0.3, 0.4) is 0 Å². The molecule has 1 aromatic carbocycles. The minimum absolute atomic E-state index is 0.146. The van der Waals surface area contributed by atoms with Gasteiger partial charge in [0.25, 0.3) is 10.2 Å². The number of carbonyl (C=O) groups excluding carboxylic acids is 1. The highest BCUT2D eigenvalue weighted by Crippen LogP contribution is 2.34. The van der Waals surface area contributed by atoms with Gasteiger partial charge in [-0.1, -0.05) is 17.7 Å². The van der Waals surface area contributed by atoms with Crippen LogP contribution in [0.4, 0.5) is 10.1 Å². The summed E-state index contributed by atoms with van der Waals surface area (Å²) in [6.07, 6.45) is 5.17. The van der Waals surface area contributed by atoms with Crippen molar-refractivity contribution in [1.82, 2.24) is 19.0 Å². The highest BCUT2D eigenvalue weighted by atomic mass is 35.5. The van der Waals surface area contributed by atoms with Crippen molar-refractivity contribution in [3.63, 3.8) is 0 Å². The van der Waals surface area contributed by atoms with Crippen LogP contribution in [0.2, 0.25) is 5.02 Å². The third-order valence-electron chi connectivity index (χ3n) is 4.83. The van der Waals surface area contributed by atoms with E-state index in [4.69, 9.17) is 11.6 Å². The smallest absolute Gasteiger partial charge is 0.280 e. The first-order valence-electron chi connectivity index (χ1n) is 9.12. The minimum Gasteiger partial charge on any atom is -0.325 e. The van der Waals surface area contributed by atoms with Gasteiger partial charge in [0.1, 0.15) is 16.9 Å². The third kappa shape index (κ3) is 4.60. The topological polar surface area (TPSA) is 104 Å². The van der Waals surface area contributed by atoms with Crippen LogP contribution in [0.15, 0.2) is 48.9 Å². The molecule has 3 aromatic rings. The summed E-state index contributed by atoms with van der Waals surface area (Å²) < 4.78 is 42.2. The van der Waals surface area contributed by atoms with Crippen LogP contribution < -0.4 is 10.0 Å². The molecule has 0 unspecified atom stereocenters. The van der Waals surface area contributed by atoms with Crippen LogP contribution in [0, 0.1) is 5.82 Å². The van der Waals surface area contributed by atoms with Crippen molar-refractivity contribution in [1.29, 1.82) is 0 Å². The van der Waals surface area contributed by atoms with Crippen LogP contribution >= 0.6 is 22.9 Å². The van der Waals surface area contributed by atoms with E-state index in [-0.39, 0.29) is 17.1 Å². The van der Waals surface area contributed by atoms with Crippen LogP contribution in [0.5, 0.6) is 0 Å². The predicted molar refractivity (Wildman–Crippen MR) is 116 cm³/mol. The second-order valence-electron chi connectivity index (χ2n) is 6.87. The lowest BCUT2D eigenvalue weighted by atomic mass is 10.1. The number of thiazole rings is 1. The predicted octanol–water partition coefficient (Wildman–Crippen LogP) is 3.22. The number of hydrogen-bond acceptors (Lipinski definition) is 6. The van der Waals surface area contributed by atoms with Gasteiger partial charge in [-0.2, -0.15) is 17.4 Å². The molecular formula is C19H17ClFN5O3S2. The Balaban J connectivity index is 1.57. The first-order valence-corrected chi connectivity index (χ1v) is 11.8. The average Bonchev–Trinajstić information content (AvgIpc) is 3.23. The lowest BCUT2D eigenvalue weighted by Crippen LogP contribution is -2.55. The van der Waals surface area contributed by atoms with Gasteiger partial charge >= 0.3 is 0 Å². The molecular weight excluding hydrogens is 465 g/mol. The van der Waals surface area contributed by atoms with E-state index in [0.717, 1.165) is 20.8 Å². The second-order valence-corrected chi connectivity index (χ2v) is 10.1. The largest absolute Gasteiger partial charge is 0.325 e. The summed E-state index contributed by atoms with van der Waals surface area (Å²) in [5, 5.41) is 3.00. The van der Waals surface area contributed by atoms with Crippen molar-refractivity contribution in [3.05, 3.63) is 64.8 Å². The van der Waals surface area contributed by atoms with Crippen molar-refractivity contribution in [2.24, 2.45) is 0 Å².